The van der Waals surface area contributed by atoms with Gasteiger partial charge in [0, 0.05) is 5.56 Å². The van der Waals surface area contributed by atoms with Crippen LogP contribution in [0.4, 0.5) is 48.3 Å². The van der Waals surface area contributed by atoms with Gasteiger partial charge in [0.25, 0.3) is 5.91 Å². The van der Waals surface area contributed by atoms with Crippen molar-refractivity contribution in [1.82, 2.24) is 10.6 Å². The van der Waals surface area contributed by atoms with E-state index in [0.29, 0.717) is 18.2 Å². The van der Waals surface area contributed by atoms with Gasteiger partial charge < -0.3 is 10.6 Å². The van der Waals surface area contributed by atoms with Gasteiger partial charge in [-0.25, -0.2) is 8.78 Å². The summed E-state index contributed by atoms with van der Waals surface area (Å²) in [4.78, 5) is 23.5. The Labute approximate surface area is 211 Å². The van der Waals surface area contributed by atoms with Crippen LogP contribution in [0.3, 0.4) is 0 Å². The first kappa shape index (κ1) is 30.9. The van der Waals surface area contributed by atoms with Gasteiger partial charge in [0.1, 0.15) is 24.1 Å². The number of benzene rings is 2. The minimum Gasteiger partial charge on any atom is -0.345 e. The number of carbonyl (C=O) groups is 2. The van der Waals surface area contributed by atoms with Gasteiger partial charge in [-0.3, -0.25) is 9.59 Å². The van der Waals surface area contributed by atoms with Crippen LogP contribution in [0.2, 0.25) is 5.02 Å². The van der Waals surface area contributed by atoms with Crippen LogP contribution in [0.15, 0.2) is 42.5 Å². The molecule has 2 N–H and O–H groups in total. The van der Waals surface area contributed by atoms with Gasteiger partial charge >= 0.3 is 18.5 Å². The van der Waals surface area contributed by atoms with Crippen LogP contribution in [0.25, 0.3) is 5.83 Å². The molecule has 0 heterocycles. The van der Waals surface area contributed by atoms with Crippen LogP contribution in [0.5, 0.6) is 0 Å². The van der Waals surface area contributed by atoms with Crippen molar-refractivity contribution in [3.8, 4) is 0 Å². The maximum atomic E-state index is 14.7. The zero-order chi connectivity index (χ0) is 29.1. The molecular formula is C22H14ClF11N2O2. The molecule has 4 nitrogen and oxygen atoms in total. The Morgan fingerprint density at radius 2 is 1.55 bits per heavy atom. The second-order valence-corrected chi connectivity index (χ2v) is 7.95. The maximum Gasteiger partial charge on any atom is 0.417 e. The molecule has 38 heavy (non-hydrogen) atoms. The molecule has 0 aliphatic heterocycles. The van der Waals surface area contributed by atoms with E-state index in [4.69, 9.17) is 11.6 Å². The van der Waals surface area contributed by atoms with Gasteiger partial charge in [-0.2, -0.15) is 39.5 Å². The number of carbonyl (C=O) groups excluding carboxylic acids is 2. The van der Waals surface area contributed by atoms with Crippen LogP contribution in [0, 0.1) is 5.82 Å². The van der Waals surface area contributed by atoms with Crippen LogP contribution >= 0.6 is 11.6 Å². The highest BCUT2D eigenvalue weighted by atomic mass is 35.5. The number of rotatable bonds is 7. The van der Waals surface area contributed by atoms with Crippen molar-refractivity contribution < 1.29 is 57.9 Å². The molecule has 0 radical (unpaired) electrons. The quantitative estimate of drug-likeness (QED) is 0.363. The smallest absolute Gasteiger partial charge is 0.345 e. The molecule has 2 aromatic rings. The highest BCUT2D eigenvalue weighted by Crippen LogP contribution is 2.40. The van der Waals surface area contributed by atoms with Crippen molar-refractivity contribution in [3.63, 3.8) is 0 Å². The van der Waals surface area contributed by atoms with Crippen molar-refractivity contribution in [2.45, 2.75) is 24.4 Å². The van der Waals surface area contributed by atoms with E-state index in [1.54, 1.807) is 5.32 Å². The number of hydrogen-bond acceptors (Lipinski definition) is 2. The topological polar surface area (TPSA) is 58.2 Å². The summed E-state index contributed by atoms with van der Waals surface area (Å²) in [7, 11) is 0. The average Bonchev–Trinajstić information content (AvgIpc) is 2.79. The van der Waals surface area contributed by atoms with Crippen LogP contribution in [-0.4, -0.2) is 37.3 Å². The summed E-state index contributed by atoms with van der Waals surface area (Å²) in [5.74, 6) is -8.81. The Morgan fingerprint density at radius 3 is 2.08 bits per heavy atom. The fraction of sp³-hybridized carbons (Fsp3) is 0.273. The molecule has 0 bridgehead atoms. The summed E-state index contributed by atoms with van der Waals surface area (Å²) < 4.78 is 146. The third-order valence-corrected chi connectivity index (χ3v) is 5.02. The van der Waals surface area contributed by atoms with Crippen molar-refractivity contribution >= 4 is 29.2 Å². The molecule has 0 aliphatic rings. The summed E-state index contributed by atoms with van der Waals surface area (Å²) >= 11 is 5.42. The Hall–Kier alpha value is -3.36. The molecule has 1 unspecified atom stereocenters. The number of hydrogen-bond donors (Lipinski definition) is 2. The lowest BCUT2D eigenvalue weighted by Gasteiger charge is -2.18. The van der Waals surface area contributed by atoms with Gasteiger partial charge in [-0.05, 0) is 35.9 Å². The minimum absolute atomic E-state index is 0.0281. The summed E-state index contributed by atoms with van der Waals surface area (Å²) in [6, 6.07) is 2.86. The lowest BCUT2D eigenvalue weighted by Crippen LogP contribution is -2.41. The Balaban J connectivity index is 2.38. The van der Waals surface area contributed by atoms with Crippen LogP contribution < -0.4 is 10.6 Å². The average molecular weight is 583 g/mol. The second kappa shape index (κ2) is 11.6. The molecule has 2 aromatic carbocycles. The van der Waals surface area contributed by atoms with E-state index in [9.17, 15) is 57.9 Å². The number of allylic oxidation sites excluding steroid dienone is 1. The van der Waals surface area contributed by atoms with Gasteiger partial charge in [0.05, 0.1) is 22.7 Å². The number of amides is 2. The first-order chi connectivity index (χ1) is 17.3. The summed E-state index contributed by atoms with van der Waals surface area (Å²) in [5.41, 5.74) is -4.83. The minimum atomic E-state index is -5.34. The largest absolute Gasteiger partial charge is 0.417 e. The van der Waals surface area contributed by atoms with E-state index in [1.807, 2.05) is 0 Å². The molecule has 0 saturated heterocycles. The normalized spacial score (nSPS) is 13.7. The summed E-state index contributed by atoms with van der Waals surface area (Å²) in [6.45, 7) is -2.91. The molecule has 0 spiro atoms. The van der Waals surface area contributed by atoms with Gasteiger partial charge in [-0.1, -0.05) is 23.7 Å². The Kier molecular flexibility index (Phi) is 9.40. The highest BCUT2D eigenvalue weighted by molar-refractivity contribution is 6.30. The number of alkyl halides is 9. The molecule has 1 atom stereocenters. The number of nitrogens with one attached hydrogen (secondary N) is 2. The lowest BCUT2D eigenvalue weighted by molar-refractivity contribution is -0.140. The summed E-state index contributed by atoms with van der Waals surface area (Å²) in [6.07, 6.45) is -15.4. The van der Waals surface area contributed by atoms with E-state index in [0.717, 1.165) is 12.1 Å². The molecular weight excluding hydrogens is 569 g/mol. The van der Waals surface area contributed by atoms with E-state index >= 15 is 0 Å². The van der Waals surface area contributed by atoms with Crippen LogP contribution in [-0.2, 0) is 11.0 Å². The molecule has 2 amide bonds. The van der Waals surface area contributed by atoms with Crippen molar-refractivity contribution in [1.29, 1.82) is 0 Å². The first-order valence-electron chi connectivity index (χ1n) is 10.0. The molecule has 0 aliphatic carbocycles. The van der Waals surface area contributed by atoms with Gasteiger partial charge in [0.15, 0.2) is 0 Å². The molecule has 16 heteroatoms. The van der Waals surface area contributed by atoms with E-state index < -0.39 is 88.3 Å². The number of halogens is 12. The molecule has 0 fully saturated rings. The van der Waals surface area contributed by atoms with Crippen molar-refractivity contribution in [2.75, 3.05) is 13.1 Å². The zero-order valence-corrected chi connectivity index (χ0v) is 19.1. The zero-order valence-electron chi connectivity index (χ0n) is 18.4. The van der Waals surface area contributed by atoms with Crippen LogP contribution in [0.1, 0.15) is 33.0 Å². The van der Waals surface area contributed by atoms with E-state index in [1.165, 1.54) is 5.32 Å². The van der Waals surface area contributed by atoms with E-state index in [2.05, 4.69) is 0 Å². The highest BCUT2D eigenvalue weighted by Gasteiger charge is 2.41. The fourth-order valence-electron chi connectivity index (χ4n) is 2.97. The van der Waals surface area contributed by atoms with Crippen molar-refractivity contribution in [3.05, 3.63) is 75.6 Å². The lowest BCUT2D eigenvalue weighted by atomic mass is 9.95. The fourth-order valence-corrected chi connectivity index (χ4v) is 3.09. The predicted octanol–water partition coefficient (Wildman–Crippen LogP) is 6.56. The third kappa shape index (κ3) is 8.60. The third-order valence-electron chi connectivity index (χ3n) is 4.71. The van der Waals surface area contributed by atoms with Gasteiger partial charge in [-0.15, -0.1) is 0 Å². The van der Waals surface area contributed by atoms with Gasteiger partial charge in [0.2, 0.25) is 5.91 Å². The maximum absolute atomic E-state index is 14.7. The predicted molar refractivity (Wildman–Crippen MR) is 112 cm³/mol. The Bertz CT molecular complexity index is 1220. The molecule has 0 aromatic heterocycles. The van der Waals surface area contributed by atoms with E-state index in [-0.39, 0.29) is 12.1 Å². The molecule has 208 valence electrons. The monoisotopic (exact) mass is 582 g/mol. The SMILES string of the molecule is O=C(CNC(=O)c1ccc(/C(F)=C/C(c2ccc(Cl)c(F)c2)C(F)(F)F)cc1C(F)(F)F)NCC(F)(F)F. The molecule has 2 rings (SSSR count). The van der Waals surface area contributed by atoms with Crippen molar-refractivity contribution in [2.24, 2.45) is 0 Å². The standard InChI is InChI=1S/C22H14ClF11N2O2/c23-15-4-2-10(6-17(15)25)13(21(29,30)31)7-16(24)11-1-3-12(14(5-11)22(32,33)34)19(38)35-8-18(37)36-9-20(26,27)28/h1-7,13H,8-9H2,(H,35,38)(H,36,37)/b16-7-. The first-order valence-corrected chi connectivity index (χ1v) is 10.4. The Morgan fingerprint density at radius 1 is 0.921 bits per heavy atom. The molecule has 0 saturated carbocycles. The second-order valence-electron chi connectivity index (χ2n) is 7.54. The summed E-state index contributed by atoms with van der Waals surface area (Å²) in [5, 5.41) is 2.50.